The Morgan fingerprint density at radius 1 is 1.50 bits per heavy atom. The molecule has 86 valence electrons. The van der Waals surface area contributed by atoms with Gasteiger partial charge < -0.3 is 4.74 Å². The quantitative estimate of drug-likeness (QED) is 0.827. The Hall–Kier alpha value is -1.65. The first-order chi connectivity index (χ1) is 7.42. The van der Waals surface area contributed by atoms with E-state index in [2.05, 4.69) is 0 Å². The standard InChI is InChI=1S/C9H9FN2O3S/c10-9-5-8(2-1-7(9)6-11)15-3-4-16(12,13)14/h1-2,5H,3-4H2,(H2,12,13,14). The first-order valence-electron chi connectivity index (χ1n) is 4.25. The number of rotatable bonds is 4. The fourth-order valence-corrected chi connectivity index (χ4v) is 1.27. The van der Waals surface area contributed by atoms with Crippen molar-refractivity contribution in [1.82, 2.24) is 0 Å². The van der Waals surface area contributed by atoms with E-state index in [-0.39, 0.29) is 23.7 Å². The van der Waals surface area contributed by atoms with Crippen LogP contribution in [0.1, 0.15) is 5.56 Å². The highest BCUT2D eigenvalue weighted by molar-refractivity contribution is 7.89. The monoisotopic (exact) mass is 244 g/mol. The van der Waals surface area contributed by atoms with Crippen LogP contribution in [0.15, 0.2) is 18.2 Å². The van der Waals surface area contributed by atoms with Crippen molar-refractivity contribution in [1.29, 1.82) is 5.26 Å². The Morgan fingerprint density at radius 2 is 2.19 bits per heavy atom. The lowest BCUT2D eigenvalue weighted by Crippen LogP contribution is -2.21. The van der Waals surface area contributed by atoms with E-state index in [1.807, 2.05) is 0 Å². The summed E-state index contributed by atoms with van der Waals surface area (Å²) in [7, 11) is -3.59. The molecule has 0 aliphatic rings. The second kappa shape index (κ2) is 4.92. The minimum atomic E-state index is -3.59. The number of nitrogens with two attached hydrogens (primary N) is 1. The number of primary sulfonamides is 1. The lowest BCUT2D eigenvalue weighted by Gasteiger charge is -2.05. The molecule has 0 aliphatic heterocycles. The summed E-state index contributed by atoms with van der Waals surface area (Å²) < 4.78 is 39.2. The van der Waals surface area contributed by atoms with Crippen molar-refractivity contribution in [2.45, 2.75) is 0 Å². The Labute approximate surface area is 92.3 Å². The third-order valence-corrected chi connectivity index (χ3v) is 2.43. The molecule has 0 heterocycles. The van der Waals surface area contributed by atoms with Crippen molar-refractivity contribution < 1.29 is 17.5 Å². The summed E-state index contributed by atoms with van der Waals surface area (Å²) in [5.74, 6) is -0.912. The number of nitriles is 1. The van der Waals surface area contributed by atoms with Gasteiger partial charge in [-0.05, 0) is 12.1 Å². The summed E-state index contributed by atoms with van der Waals surface area (Å²) in [4.78, 5) is 0. The molecule has 5 nitrogen and oxygen atoms in total. The van der Waals surface area contributed by atoms with Crippen LogP contribution in [0.25, 0.3) is 0 Å². The van der Waals surface area contributed by atoms with Gasteiger partial charge in [-0.2, -0.15) is 5.26 Å². The number of hydrogen-bond donors (Lipinski definition) is 1. The highest BCUT2D eigenvalue weighted by Crippen LogP contribution is 2.15. The normalized spacial score (nSPS) is 10.8. The Bertz CT molecular complexity index is 522. The molecule has 1 aromatic carbocycles. The van der Waals surface area contributed by atoms with Crippen molar-refractivity contribution in [3.8, 4) is 11.8 Å². The van der Waals surface area contributed by atoms with Gasteiger partial charge >= 0.3 is 0 Å². The molecule has 0 atom stereocenters. The van der Waals surface area contributed by atoms with Gasteiger partial charge in [0.05, 0.1) is 11.3 Å². The van der Waals surface area contributed by atoms with Crippen LogP contribution in [-0.2, 0) is 10.0 Å². The minimum absolute atomic E-state index is 0.0983. The molecular weight excluding hydrogens is 235 g/mol. The fourth-order valence-electron chi connectivity index (χ4n) is 0.952. The van der Waals surface area contributed by atoms with E-state index < -0.39 is 15.8 Å². The third kappa shape index (κ3) is 3.84. The van der Waals surface area contributed by atoms with Crippen LogP contribution < -0.4 is 9.88 Å². The van der Waals surface area contributed by atoms with Crippen LogP contribution in [0.5, 0.6) is 5.75 Å². The second-order valence-electron chi connectivity index (χ2n) is 2.97. The molecule has 7 heteroatoms. The number of hydrogen-bond acceptors (Lipinski definition) is 4. The van der Waals surface area contributed by atoms with Crippen LogP contribution in [0.3, 0.4) is 0 Å². The molecule has 0 radical (unpaired) electrons. The lowest BCUT2D eigenvalue weighted by molar-refractivity contribution is 0.339. The van der Waals surface area contributed by atoms with Gasteiger partial charge in [0.15, 0.2) is 0 Å². The molecule has 0 bridgehead atoms. The van der Waals surface area contributed by atoms with Crippen molar-refractivity contribution >= 4 is 10.0 Å². The maximum absolute atomic E-state index is 13.1. The van der Waals surface area contributed by atoms with E-state index in [1.165, 1.54) is 12.1 Å². The molecule has 0 fully saturated rings. The van der Waals surface area contributed by atoms with Crippen LogP contribution in [-0.4, -0.2) is 20.8 Å². The lowest BCUT2D eigenvalue weighted by atomic mass is 10.2. The molecule has 0 saturated heterocycles. The van der Waals surface area contributed by atoms with Crippen LogP contribution >= 0.6 is 0 Å². The van der Waals surface area contributed by atoms with Crippen LogP contribution in [0.4, 0.5) is 4.39 Å². The number of nitrogens with zero attached hydrogens (tertiary/aromatic N) is 1. The van der Waals surface area contributed by atoms with E-state index in [1.54, 1.807) is 6.07 Å². The molecule has 1 aromatic rings. The summed E-state index contributed by atoms with van der Waals surface area (Å²) in [6.07, 6.45) is 0. The van der Waals surface area contributed by atoms with E-state index >= 15 is 0 Å². The highest BCUT2D eigenvalue weighted by atomic mass is 32.2. The van der Waals surface area contributed by atoms with Crippen LogP contribution in [0, 0.1) is 17.1 Å². The zero-order chi connectivity index (χ0) is 12.2. The van der Waals surface area contributed by atoms with Gasteiger partial charge in [-0.25, -0.2) is 17.9 Å². The minimum Gasteiger partial charge on any atom is -0.492 e. The molecule has 1 rings (SSSR count). The molecule has 0 spiro atoms. The average Bonchev–Trinajstić information content (AvgIpc) is 2.16. The first-order valence-corrected chi connectivity index (χ1v) is 5.97. The van der Waals surface area contributed by atoms with Gasteiger partial charge in [0.2, 0.25) is 10.0 Å². The highest BCUT2D eigenvalue weighted by Gasteiger charge is 2.05. The predicted molar refractivity (Wildman–Crippen MR) is 54.6 cm³/mol. The first kappa shape index (κ1) is 12.4. The number of halogens is 1. The average molecular weight is 244 g/mol. The zero-order valence-electron chi connectivity index (χ0n) is 8.18. The van der Waals surface area contributed by atoms with Gasteiger partial charge in [0, 0.05) is 6.07 Å². The van der Waals surface area contributed by atoms with Crippen molar-refractivity contribution in [2.24, 2.45) is 5.14 Å². The molecule has 0 saturated carbocycles. The van der Waals surface area contributed by atoms with E-state index in [4.69, 9.17) is 15.1 Å². The predicted octanol–water partition coefficient (Wildman–Crippen LogP) is 0.365. The number of sulfonamides is 1. The molecule has 2 N–H and O–H groups in total. The molecule has 0 amide bonds. The Balaban J connectivity index is 2.63. The van der Waals surface area contributed by atoms with Gasteiger partial charge in [-0.3, -0.25) is 0 Å². The van der Waals surface area contributed by atoms with Gasteiger partial charge in [-0.15, -0.1) is 0 Å². The van der Waals surface area contributed by atoms with Gasteiger partial charge in [0.25, 0.3) is 0 Å². The number of ether oxygens (including phenoxy) is 1. The SMILES string of the molecule is N#Cc1ccc(OCCS(N)(=O)=O)cc1F. The largest absolute Gasteiger partial charge is 0.492 e. The second-order valence-corrected chi connectivity index (χ2v) is 4.70. The smallest absolute Gasteiger partial charge is 0.212 e. The van der Waals surface area contributed by atoms with Crippen LogP contribution in [0.2, 0.25) is 0 Å². The van der Waals surface area contributed by atoms with Crippen molar-refractivity contribution in [2.75, 3.05) is 12.4 Å². The molecule has 0 unspecified atom stereocenters. The zero-order valence-corrected chi connectivity index (χ0v) is 9.00. The topological polar surface area (TPSA) is 93.2 Å². The van der Waals surface area contributed by atoms with E-state index in [9.17, 15) is 12.8 Å². The molecule has 16 heavy (non-hydrogen) atoms. The number of benzene rings is 1. The fraction of sp³-hybridized carbons (Fsp3) is 0.222. The molecular formula is C9H9FN2O3S. The Morgan fingerprint density at radius 3 is 2.69 bits per heavy atom. The maximum atomic E-state index is 13.1. The molecule has 0 aliphatic carbocycles. The summed E-state index contributed by atoms with van der Waals surface area (Å²) in [5, 5.41) is 13.2. The van der Waals surface area contributed by atoms with Crippen molar-refractivity contribution in [3.05, 3.63) is 29.6 Å². The van der Waals surface area contributed by atoms with E-state index in [0.717, 1.165) is 6.07 Å². The van der Waals surface area contributed by atoms with Crippen molar-refractivity contribution in [3.63, 3.8) is 0 Å². The van der Waals surface area contributed by atoms with Gasteiger partial charge in [-0.1, -0.05) is 0 Å². The maximum Gasteiger partial charge on any atom is 0.212 e. The molecule has 0 aromatic heterocycles. The van der Waals surface area contributed by atoms with E-state index in [0.29, 0.717) is 0 Å². The van der Waals surface area contributed by atoms with Gasteiger partial charge in [0.1, 0.15) is 24.2 Å². The Kier molecular flexibility index (Phi) is 3.82. The summed E-state index contributed by atoms with van der Waals surface area (Å²) in [6, 6.07) is 5.30. The summed E-state index contributed by atoms with van der Waals surface area (Å²) in [6.45, 7) is -0.163. The third-order valence-electron chi connectivity index (χ3n) is 1.70. The summed E-state index contributed by atoms with van der Waals surface area (Å²) >= 11 is 0. The summed E-state index contributed by atoms with van der Waals surface area (Å²) in [5.41, 5.74) is -0.0983.